The van der Waals surface area contributed by atoms with Crippen molar-refractivity contribution in [3.05, 3.63) is 41.0 Å². The third-order valence-corrected chi connectivity index (χ3v) is 4.56. The molecule has 1 N–H and O–H groups in total. The lowest BCUT2D eigenvalue weighted by Gasteiger charge is -2.34. The lowest BCUT2D eigenvalue weighted by Crippen LogP contribution is -2.42. The number of piperidine rings is 1. The number of hydrogen-bond donors (Lipinski definition) is 1. The van der Waals surface area contributed by atoms with Crippen molar-refractivity contribution < 1.29 is 5.11 Å². The molecule has 0 amide bonds. The monoisotopic (exact) mass is 290 g/mol. The smallest absolute Gasteiger partial charge is 0.0761 e. The fourth-order valence-corrected chi connectivity index (χ4v) is 3.03. The molecule has 3 rings (SSSR count). The number of aliphatic hydroxyl groups excluding tert-OH is 1. The summed E-state index contributed by atoms with van der Waals surface area (Å²) >= 11 is 6.36. The molecule has 2 unspecified atom stereocenters. The first-order valence-corrected chi connectivity index (χ1v) is 7.45. The van der Waals surface area contributed by atoms with E-state index < -0.39 is 0 Å². The van der Waals surface area contributed by atoms with Crippen molar-refractivity contribution in [3.63, 3.8) is 0 Å². The summed E-state index contributed by atoms with van der Waals surface area (Å²) in [7, 11) is 0. The zero-order valence-corrected chi connectivity index (χ0v) is 12.3. The minimum Gasteiger partial charge on any atom is -0.392 e. The number of pyridine rings is 1. The van der Waals surface area contributed by atoms with Crippen molar-refractivity contribution in [3.8, 4) is 0 Å². The first-order chi connectivity index (χ1) is 9.65. The van der Waals surface area contributed by atoms with Gasteiger partial charge in [-0.25, -0.2) is 0 Å². The molecule has 1 fully saturated rings. The molecule has 0 spiro atoms. The number of hydrogen-bond acceptors (Lipinski definition) is 3. The van der Waals surface area contributed by atoms with Crippen LogP contribution in [0.2, 0.25) is 5.02 Å². The van der Waals surface area contributed by atoms with E-state index in [0.717, 1.165) is 41.0 Å². The van der Waals surface area contributed by atoms with Crippen LogP contribution < -0.4 is 0 Å². The number of aromatic nitrogens is 1. The largest absolute Gasteiger partial charge is 0.392 e. The molecule has 4 heteroatoms. The molecule has 0 aliphatic carbocycles. The first kappa shape index (κ1) is 13.8. The number of rotatable bonds is 2. The van der Waals surface area contributed by atoms with Gasteiger partial charge in [-0.3, -0.25) is 9.88 Å². The van der Waals surface area contributed by atoms with E-state index in [1.54, 1.807) is 6.20 Å². The van der Waals surface area contributed by atoms with Crippen molar-refractivity contribution in [2.24, 2.45) is 5.92 Å². The summed E-state index contributed by atoms with van der Waals surface area (Å²) < 4.78 is 0. The van der Waals surface area contributed by atoms with Crippen LogP contribution in [0.3, 0.4) is 0 Å². The van der Waals surface area contributed by atoms with Crippen LogP contribution in [0.1, 0.15) is 18.9 Å². The summed E-state index contributed by atoms with van der Waals surface area (Å²) in [6, 6.07) is 7.92. The Bertz CT molecular complexity index is 616. The summed E-state index contributed by atoms with van der Waals surface area (Å²) in [6.45, 7) is 4.56. The molecule has 1 aliphatic heterocycles. The fourth-order valence-electron chi connectivity index (χ4n) is 2.81. The predicted octanol–water partition coefficient (Wildman–Crippen LogP) is 3.09. The molecule has 1 saturated heterocycles. The van der Waals surface area contributed by atoms with Crippen molar-refractivity contribution in [1.82, 2.24) is 9.88 Å². The average Bonchev–Trinajstić information content (AvgIpc) is 2.46. The Morgan fingerprint density at radius 2 is 2.25 bits per heavy atom. The highest BCUT2D eigenvalue weighted by Crippen LogP contribution is 2.27. The van der Waals surface area contributed by atoms with Crippen LogP contribution in [0.5, 0.6) is 0 Å². The molecule has 1 aliphatic rings. The maximum Gasteiger partial charge on any atom is 0.0761 e. The van der Waals surface area contributed by atoms with E-state index in [-0.39, 0.29) is 6.10 Å². The van der Waals surface area contributed by atoms with Gasteiger partial charge in [0.1, 0.15) is 0 Å². The van der Waals surface area contributed by atoms with Gasteiger partial charge in [0.2, 0.25) is 0 Å². The number of β-amino-alcohol motifs (C(OH)–C–C–N with tert-alkyl or cyclic N) is 1. The molecule has 20 heavy (non-hydrogen) atoms. The van der Waals surface area contributed by atoms with Crippen molar-refractivity contribution >= 4 is 22.5 Å². The van der Waals surface area contributed by atoms with Crippen LogP contribution in [0.15, 0.2) is 30.5 Å². The number of fused-ring (bicyclic) bond motifs is 1. The zero-order valence-electron chi connectivity index (χ0n) is 11.6. The molecule has 106 valence electrons. The van der Waals surface area contributed by atoms with E-state index in [4.69, 9.17) is 11.6 Å². The molecule has 2 atom stereocenters. The Morgan fingerprint density at radius 3 is 3.05 bits per heavy atom. The zero-order chi connectivity index (χ0) is 14.1. The van der Waals surface area contributed by atoms with Crippen LogP contribution in [0.25, 0.3) is 10.9 Å². The highest BCUT2D eigenvalue weighted by molar-refractivity contribution is 6.32. The van der Waals surface area contributed by atoms with Crippen molar-refractivity contribution in [2.45, 2.75) is 26.0 Å². The molecular weight excluding hydrogens is 272 g/mol. The molecule has 1 aromatic carbocycles. The SMILES string of the molecule is CC1CCN(Cc2c(Cl)ccc3cccnc23)CC1O. The Labute approximate surface area is 124 Å². The van der Waals surface area contributed by atoms with Gasteiger partial charge in [0, 0.05) is 35.3 Å². The second kappa shape index (κ2) is 5.68. The standard InChI is InChI=1S/C16H19ClN2O/c1-11-6-8-19(10-15(11)20)9-13-14(17)5-4-12-3-2-7-18-16(12)13/h2-5,7,11,15,20H,6,8-10H2,1H3. The van der Waals surface area contributed by atoms with E-state index in [2.05, 4.69) is 22.9 Å². The Morgan fingerprint density at radius 1 is 1.40 bits per heavy atom. The summed E-state index contributed by atoms with van der Waals surface area (Å²) in [5, 5.41) is 11.9. The van der Waals surface area contributed by atoms with Crippen molar-refractivity contribution in [1.29, 1.82) is 0 Å². The van der Waals surface area contributed by atoms with Gasteiger partial charge in [-0.2, -0.15) is 0 Å². The summed E-state index contributed by atoms with van der Waals surface area (Å²) in [4.78, 5) is 6.73. The van der Waals surface area contributed by atoms with Gasteiger partial charge in [-0.1, -0.05) is 30.7 Å². The third kappa shape index (κ3) is 2.66. The maximum atomic E-state index is 10.0. The highest BCUT2D eigenvalue weighted by Gasteiger charge is 2.25. The summed E-state index contributed by atoms with van der Waals surface area (Å²) in [5.74, 6) is 0.382. The highest BCUT2D eigenvalue weighted by atomic mass is 35.5. The first-order valence-electron chi connectivity index (χ1n) is 7.07. The van der Waals surface area contributed by atoms with Crippen LogP contribution in [-0.2, 0) is 6.54 Å². The number of likely N-dealkylation sites (tertiary alicyclic amines) is 1. The number of benzene rings is 1. The normalized spacial score (nSPS) is 24.1. The van der Waals surface area contributed by atoms with E-state index in [1.165, 1.54) is 0 Å². The Balaban J connectivity index is 1.89. The summed E-state index contributed by atoms with van der Waals surface area (Å²) in [5.41, 5.74) is 2.03. The van der Waals surface area contributed by atoms with Gasteiger partial charge in [-0.15, -0.1) is 0 Å². The van der Waals surface area contributed by atoms with Crippen LogP contribution in [-0.4, -0.2) is 34.2 Å². The van der Waals surface area contributed by atoms with Gasteiger partial charge in [0.25, 0.3) is 0 Å². The predicted molar refractivity (Wildman–Crippen MR) is 81.8 cm³/mol. The van der Waals surface area contributed by atoms with E-state index >= 15 is 0 Å². The van der Waals surface area contributed by atoms with Gasteiger partial charge in [-0.05, 0) is 31.0 Å². The number of nitrogens with zero attached hydrogens (tertiary/aromatic N) is 2. The quantitative estimate of drug-likeness (QED) is 0.923. The molecule has 3 nitrogen and oxygen atoms in total. The van der Waals surface area contributed by atoms with E-state index in [9.17, 15) is 5.11 Å². The summed E-state index contributed by atoms with van der Waals surface area (Å²) in [6.07, 6.45) is 2.58. The molecule has 2 aromatic rings. The fraction of sp³-hybridized carbons (Fsp3) is 0.438. The third-order valence-electron chi connectivity index (χ3n) is 4.21. The lowest BCUT2D eigenvalue weighted by atomic mass is 9.95. The topological polar surface area (TPSA) is 36.4 Å². The molecule has 0 radical (unpaired) electrons. The minimum atomic E-state index is -0.245. The maximum absolute atomic E-state index is 10.0. The van der Waals surface area contributed by atoms with Gasteiger partial charge >= 0.3 is 0 Å². The van der Waals surface area contributed by atoms with Crippen LogP contribution >= 0.6 is 11.6 Å². The molecule has 0 saturated carbocycles. The van der Waals surface area contributed by atoms with Gasteiger partial charge in [0.05, 0.1) is 11.6 Å². The van der Waals surface area contributed by atoms with Crippen LogP contribution in [0, 0.1) is 5.92 Å². The minimum absolute atomic E-state index is 0.245. The Kier molecular flexibility index (Phi) is 3.92. The Hall–Kier alpha value is -1.16. The average molecular weight is 291 g/mol. The van der Waals surface area contributed by atoms with E-state index in [0.29, 0.717) is 12.5 Å². The molecular formula is C16H19ClN2O. The number of aliphatic hydroxyl groups is 1. The van der Waals surface area contributed by atoms with Gasteiger partial charge in [0.15, 0.2) is 0 Å². The van der Waals surface area contributed by atoms with Gasteiger partial charge < -0.3 is 5.11 Å². The second-order valence-electron chi connectivity index (χ2n) is 5.67. The lowest BCUT2D eigenvalue weighted by molar-refractivity contribution is 0.0261. The van der Waals surface area contributed by atoms with Crippen LogP contribution in [0.4, 0.5) is 0 Å². The molecule has 2 heterocycles. The van der Waals surface area contributed by atoms with E-state index in [1.807, 2.05) is 18.2 Å². The second-order valence-corrected chi connectivity index (χ2v) is 6.08. The molecule has 0 bridgehead atoms. The molecule has 1 aromatic heterocycles. The number of halogens is 1. The van der Waals surface area contributed by atoms with Crippen molar-refractivity contribution in [2.75, 3.05) is 13.1 Å².